The Bertz CT molecular complexity index is 775. The van der Waals surface area contributed by atoms with Crippen molar-refractivity contribution in [3.8, 4) is 0 Å². The number of nitrogens with zero attached hydrogens (tertiary/aromatic N) is 3. The molecule has 1 saturated heterocycles. The number of halogens is 1. The largest absolute Gasteiger partial charge is 0.477 e. The maximum absolute atomic E-state index is 12.5. The zero-order valence-electron chi connectivity index (χ0n) is 12.9. The van der Waals surface area contributed by atoms with Gasteiger partial charge in [0, 0.05) is 12.3 Å². The summed E-state index contributed by atoms with van der Waals surface area (Å²) in [6, 6.07) is -0.739. The molecule has 1 aromatic heterocycles. The maximum Gasteiger partial charge on any atom is 0.352 e. The molecule has 2 atom stereocenters. The molecule has 3 heterocycles. The Labute approximate surface area is 150 Å². The van der Waals surface area contributed by atoms with Crippen molar-refractivity contribution >= 4 is 45.5 Å². The van der Waals surface area contributed by atoms with Gasteiger partial charge in [-0.3, -0.25) is 19.2 Å². The Morgan fingerprint density at radius 1 is 1.54 bits per heavy atom. The number of fused-ring (bicyclic) bond motifs is 1. The fourth-order valence-corrected chi connectivity index (χ4v) is 4.58. The van der Waals surface area contributed by atoms with E-state index in [-0.39, 0.29) is 5.70 Å². The molecule has 128 valence electrons. The first-order valence-corrected chi connectivity index (χ1v) is 9.10. The van der Waals surface area contributed by atoms with Gasteiger partial charge in [-0.2, -0.15) is 5.10 Å². The molecule has 1 fully saturated rings. The van der Waals surface area contributed by atoms with Gasteiger partial charge < -0.3 is 10.4 Å². The van der Waals surface area contributed by atoms with Crippen LogP contribution in [0.4, 0.5) is 0 Å². The number of aromatic nitrogens is 2. The first kappa shape index (κ1) is 17.0. The molecule has 2 N–H and O–H groups in total. The molecule has 0 saturated carbocycles. The number of β-lactam (4-membered cyclic amide) rings is 1. The lowest BCUT2D eigenvalue weighted by molar-refractivity contribution is -0.148. The molecule has 2 aliphatic rings. The van der Waals surface area contributed by atoms with E-state index in [2.05, 4.69) is 26.3 Å². The molecule has 1 aromatic rings. The molecule has 0 spiro atoms. The van der Waals surface area contributed by atoms with Crippen molar-refractivity contribution in [2.24, 2.45) is 0 Å². The number of carbonyl (C=O) groups is 3. The van der Waals surface area contributed by atoms with Crippen molar-refractivity contribution in [1.29, 1.82) is 0 Å². The minimum Gasteiger partial charge on any atom is -0.477 e. The number of hydrogen-bond donors (Lipinski definition) is 2. The van der Waals surface area contributed by atoms with Crippen LogP contribution in [0.15, 0.2) is 21.9 Å². The fraction of sp³-hybridized carbons (Fsp3) is 0.429. The fourth-order valence-electron chi connectivity index (χ4n) is 2.81. The lowest BCUT2D eigenvalue weighted by Crippen LogP contribution is -2.70. The van der Waals surface area contributed by atoms with Crippen molar-refractivity contribution in [3.05, 3.63) is 27.6 Å². The molecule has 0 unspecified atom stereocenters. The highest BCUT2D eigenvalue weighted by Crippen LogP contribution is 2.40. The van der Waals surface area contributed by atoms with E-state index in [1.807, 2.05) is 6.92 Å². The monoisotopic (exact) mass is 414 g/mol. The van der Waals surface area contributed by atoms with E-state index in [1.165, 1.54) is 27.5 Å². The average Bonchev–Trinajstić information content (AvgIpc) is 2.92. The Hall–Kier alpha value is -1.81. The summed E-state index contributed by atoms with van der Waals surface area (Å²) >= 11 is 4.72. The lowest BCUT2D eigenvalue weighted by Gasteiger charge is -2.49. The van der Waals surface area contributed by atoms with Gasteiger partial charge in [-0.15, -0.1) is 11.8 Å². The zero-order valence-corrected chi connectivity index (χ0v) is 15.3. The van der Waals surface area contributed by atoms with Gasteiger partial charge in [0.15, 0.2) is 0 Å². The van der Waals surface area contributed by atoms with Crippen molar-refractivity contribution in [2.75, 3.05) is 5.75 Å². The first-order valence-electron chi connectivity index (χ1n) is 7.26. The van der Waals surface area contributed by atoms with Crippen LogP contribution in [0.1, 0.15) is 24.3 Å². The maximum atomic E-state index is 12.5. The van der Waals surface area contributed by atoms with Gasteiger partial charge in [-0.25, -0.2) is 4.79 Å². The number of nitrogens with one attached hydrogen (secondary N) is 1. The van der Waals surface area contributed by atoms with E-state index in [1.54, 1.807) is 6.92 Å². The van der Waals surface area contributed by atoms with Crippen LogP contribution in [-0.2, 0) is 16.1 Å². The van der Waals surface area contributed by atoms with Gasteiger partial charge in [0.2, 0.25) is 0 Å². The highest BCUT2D eigenvalue weighted by molar-refractivity contribution is 9.10. The summed E-state index contributed by atoms with van der Waals surface area (Å²) < 4.78 is 2.07. The highest BCUT2D eigenvalue weighted by Gasteiger charge is 2.53. The number of carboxylic acids is 1. The average molecular weight is 415 g/mol. The molecule has 0 aliphatic carbocycles. The van der Waals surface area contributed by atoms with Gasteiger partial charge in [0.1, 0.15) is 22.8 Å². The number of hydrogen-bond acceptors (Lipinski definition) is 5. The Kier molecular flexibility index (Phi) is 4.43. The summed E-state index contributed by atoms with van der Waals surface area (Å²) in [6.45, 7) is 4.07. The SMILES string of the molecule is CCn1ncc(Br)c1C(=O)N[C@@H]1C(=O)N2C(C(=O)O)=C(C)CS[C@@H]12. The third-order valence-corrected chi connectivity index (χ3v) is 5.96. The molecule has 10 heteroatoms. The standard InChI is InChI=1S/C14H15BrN4O4S/c1-3-18-10(7(15)4-16-18)11(20)17-8-12(21)19-9(14(22)23)6(2)5-24-13(8)19/h4,8,13H,3,5H2,1-2H3,(H,17,20)(H,22,23)/t8-,13+/m1/s1. The summed E-state index contributed by atoms with van der Waals surface area (Å²) in [5.41, 5.74) is 1.01. The Balaban J connectivity index is 1.79. The number of aryl methyl sites for hydroxylation is 1. The van der Waals surface area contributed by atoms with Gasteiger partial charge in [0.25, 0.3) is 11.8 Å². The third-order valence-electron chi connectivity index (χ3n) is 3.96. The van der Waals surface area contributed by atoms with E-state index in [0.29, 0.717) is 28.0 Å². The quantitative estimate of drug-likeness (QED) is 0.713. The Morgan fingerprint density at radius 3 is 2.88 bits per heavy atom. The summed E-state index contributed by atoms with van der Waals surface area (Å²) in [5, 5.41) is 15.7. The van der Waals surface area contributed by atoms with Crippen LogP contribution in [0.25, 0.3) is 0 Å². The minimum absolute atomic E-state index is 0.0222. The number of thioether (sulfide) groups is 1. The van der Waals surface area contributed by atoms with E-state index in [0.717, 1.165) is 0 Å². The molecule has 2 amide bonds. The second kappa shape index (κ2) is 6.25. The van der Waals surface area contributed by atoms with Crippen molar-refractivity contribution in [2.45, 2.75) is 31.8 Å². The van der Waals surface area contributed by atoms with Crippen LogP contribution < -0.4 is 5.32 Å². The van der Waals surface area contributed by atoms with Gasteiger partial charge in [-0.1, -0.05) is 0 Å². The summed E-state index contributed by atoms with van der Waals surface area (Å²) in [5.74, 6) is -1.43. The second-order valence-electron chi connectivity index (χ2n) is 5.45. The normalized spacial score (nSPS) is 23.0. The molecular weight excluding hydrogens is 400 g/mol. The van der Waals surface area contributed by atoms with Crippen LogP contribution in [0.2, 0.25) is 0 Å². The van der Waals surface area contributed by atoms with E-state index in [9.17, 15) is 19.5 Å². The number of carboxylic acid groups (broad SMARTS) is 1. The molecule has 2 aliphatic heterocycles. The zero-order chi connectivity index (χ0) is 17.6. The third kappa shape index (κ3) is 2.53. The first-order chi connectivity index (χ1) is 11.4. The van der Waals surface area contributed by atoms with Crippen LogP contribution in [0.5, 0.6) is 0 Å². The predicted octanol–water partition coefficient (Wildman–Crippen LogP) is 1.04. The molecule has 8 nitrogen and oxygen atoms in total. The smallest absolute Gasteiger partial charge is 0.352 e. The number of amides is 2. The summed E-state index contributed by atoms with van der Waals surface area (Å²) in [6.07, 6.45) is 1.53. The predicted molar refractivity (Wildman–Crippen MR) is 90.3 cm³/mol. The Morgan fingerprint density at radius 2 is 2.25 bits per heavy atom. The van der Waals surface area contributed by atoms with E-state index < -0.39 is 29.2 Å². The minimum atomic E-state index is -1.12. The lowest BCUT2D eigenvalue weighted by atomic mass is 10.0. The van der Waals surface area contributed by atoms with Crippen LogP contribution in [-0.4, -0.2) is 54.7 Å². The topological polar surface area (TPSA) is 105 Å². The van der Waals surface area contributed by atoms with Crippen molar-refractivity contribution in [3.63, 3.8) is 0 Å². The van der Waals surface area contributed by atoms with E-state index in [4.69, 9.17) is 0 Å². The summed E-state index contributed by atoms with van der Waals surface area (Å²) in [7, 11) is 0. The molecular formula is C14H15BrN4O4S. The van der Waals surface area contributed by atoms with Crippen molar-refractivity contribution < 1.29 is 19.5 Å². The molecule has 0 aromatic carbocycles. The van der Waals surface area contributed by atoms with Gasteiger partial charge in [-0.05, 0) is 35.4 Å². The molecule has 0 bridgehead atoms. The summed E-state index contributed by atoms with van der Waals surface area (Å²) in [4.78, 5) is 37.5. The van der Waals surface area contributed by atoms with Crippen LogP contribution in [0.3, 0.4) is 0 Å². The van der Waals surface area contributed by atoms with E-state index >= 15 is 0 Å². The molecule has 3 rings (SSSR count). The van der Waals surface area contributed by atoms with Crippen LogP contribution >= 0.6 is 27.7 Å². The van der Waals surface area contributed by atoms with Crippen molar-refractivity contribution in [1.82, 2.24) is 20.0 Å². The second-order valence-corrected chi connectivity index (χ2v) is 7.41. The van der Waals surface area contributed by atoms with Crippen LogP contribution in [0, 0.1) is 0 Å². The number of aliphatic carboxylic acids is 1. The van der Waals surface area contributed by atoms with Gasteiger partial charge >= 0.3 is 5.97 Å². The van der Waals surface area contributed by atoms with Gasteiger partial charge in [0.05, 0.1) is 10.7 Å². The number of rotatable bonds is 4. The highest BCUT2D eigenvalue weighted by atomic mass is 79.9. The number of carbonyl (C=O) groups excluding carboxylic acids is 2. The molecule has 24 heavy (non-hydrogen) atoms. The molecule has 0 radical (unpaired) electrons.